The van der Waals surface area contributed by atoms with Crippen molar-refractivity contribution in [3.05, 3.63) is 94.0 Å². The number of amides is 2. The molecule has 0 radical (unpaired) electrons. The Labute approximate surface area is 295 Å². The molecule has 2 saturated heterocycles. The first kappa shape index (κ1) is 35.2. The lowest BCUT2D eigenvalue weighted by Crippen LogP contribution is -2.60. The number of piperazine rings is 1. The molecule has 3 aliphatic heterocycles. The van der Waals surface area contributed by atoms with Gasteiger partial charge < -0.3 is 24.6 Å². The predicted octanol–water partition coefficient (Wildman–Crippen LogP) is 4.44. The van der Waals surface area contributed by atoms with Crippen molar-refractivity contribution in [1.82, 2.24) is 20.4 Å². The molecule has 3 aliphatic rings. The Morgan fingerprint density at radius 2 is 1.73 bits per heavy atom. The van der Waals surface area contributed by atoms with Crippen molar-refractivity contribution in [2.75, 3.05) is 71.0 Å². The third-order valence-corrected chi connectivity index (χ3v) is 10.4. The quantitative estimate of drug-likeness (QED) is 0.309. The van der Waals surface area contributed by atoms with E-state index in [0.29, 0.717) is 31.0 Å². The van der Waals surface area contributed by atoms with E-state index in [1.807, 2.05) is 41.3 Å². The number of morpholine rings is 1. The molecule has 262 valence electrons. The number of rotatable bonds is 11. The average molecular weight is 688 g/mol. The second-order valence-corrected chi connectivity index (χ2v) is 14.4. The van der Waals surface area contributed by atoms with E-state index in [9.17, 15) is 9.59 Å². The van der Waals surface area contributed by atoms with E-state index in [1.165, 1.54) is 11.3 Å². The van der Waals surface area contributed by atoms with E-state index in [4.69, 9.17) is 21.1 Å². The number of nitrogens with one attached hydrogen (secondary N) is 2. The van der Waals surface area contributed by atoms with Crippen LogP contribution in [-0.4, -0.2) is 99.8 Å². The van der Waals surface area contributed by atoms with E-state index in [0.717, 1.165) is 81.2 Å². The lowest BCUT2D eigenvalue weighted by atomic mass is 9.82. The number of benzene rings is 3. The molecule has 2 N–H and O–H groups in total. The summed E-state index contributed by atoms with van der Waals surface area (Å²) >= 11 is 6.17. The van der Waals surface area contributed by atoms with Crippen molar-refractivity contribution in [2.24, 2.45) is 0 Å². The van der Waals surface area contributed by atoms with Crippen LogP contribution in [-0.2, 0) is 39.1 Å². The molecule has 2 fully saturated rings. The molecule has 3 aromatic rings. The fraction of sp³-hybridized carbons (Fsp3) is 0.487. The van der Waals surface area contributed by atoms with Gasteiger partial charge in [0.2, 0.25) is 11.8 Å². The summed E-state index contributed by atoms with van der Waals surface area (Å²) in [6.07, 6.45) is 3.02. The first-order valence-electron chi connectivity index (χ1n) is 17.6. The Balaban J connectivity index is 1.12. The minimum Gasteiger partial charge on any atom is -0.497 e. The van der Waals surface area contributed by atoms with E-state index in [2.05, 4.69) is 64.6 Å². The van der Waals surface area contributed by atoms with E-state index < -0.39 is 17.6 Å². The van der Waals surface area contributed by atoms with Gasteiger partial charge in [-0.1, -0.05) is 48.0 Å². The minimum absolute atomic E-state index is 0.0566. The third kappa shape index (κ3) is 8.76. The second-order valence-electron chi connectivity index (χ2n) is 13.9. The molecule has 6 rings (SSSR count). The Morgan fingerprint density at radius 1 is 1.00 bits per heavy atom. The lowest BCUT2D eigenvalue weighted by molar-refractivity contribution is -0.137. The molecule has 10 heteroatoms. The van der Waals surface area contributed by atoms with Gasteiger partial charge in [-0.25, -0.2) is 0 Å². The molecule has 0 saturated carbocycles. The average Bonchev–Trinajstić information content (AvgIpc) is 3.12. The highest BCUT2D eigenvalue weighted by Gasteiger charge is 2.38. The fourth-order valence-electron chi connectivity index (χ4n) is 7.48. The number of methoxy groups -OCH3 is 1. The van der Waals surface area contributed by atoms with Crippen LogP contribution in [0.5, 0.6) is 5.75 Å². The molecule has 0 aromatic heterocycles. The maximum absolute atomic E-state index is 14.2. The molecule has 0 bridgehead atoms. The van der Waals surface area contributed by atoms with Crippen molar-refractivity contribution in [2.45, 2.75) is 57.2 Å². The first-order valence-corrected chi connectivity index (χ1v) is 18.0. The van der Waals surface area contributed by atoms with Gasteiger partial charge in [-0.15, -0.1) is 0 Å². The summed E-state index contributed by atoms with van der Waals surface area (Å²) in [6.45, 7) is 11.6. The van der Waals surface area contributed by atoms with Crippen molar-refractivity contribution < 1.29 is 19.1 Å². The highest BCUT2D eigenvalue weighted by atomic mass is 35.5. The molecule has 3 heterocycles. The summed E-state index contributed by atoms with van der Waals surface area (Å²) < 4.78 is 11.0. The van der Waals surface area contributed by atoms with E-state index >= 15 is 0 Å². The molecular weight excluding hydrogens is 638 g/mol. The van der Waals surface area contributed by atoms with Gasteiger partial charge in [0.25, 0.3) is 0 Å². The zero-order valence-corrected chi connectivity index (χ0v) is 29.8. The number of carbonyl (C=O) groups is 2. The lowest BCUT2D eigenvalue weighted by Gasteiger charge is -2.40. The molecule has 0 spiro atoms. The monoisotopic (exact) mass is 687 g/mol. The molecule has 2 atom stereocenters. The smallest absolute Gasteiger partial charge is 0.245 e. The van der Waals surface area contributed by atoms with Gasteiger partial charge >= 0.3 is 0 Å². The predicted molar refractivity (Wildman–Crippen MR) is 195 cm³/mol. The molecular formula is C39H50ClN5O4. The van der Waals surface area contributed by atoms with E-state index in [-0.39, 0.29) is 11.8 Å². The highest BCUT2D eigenvalue weighted by molar-refractivity contribution is 6.30. The van der Waals surface area contributed by atoms with Gasteiger partial charge in [0.1, 0.15) is 11.8 Å². The summed E-state index contributed by atoms with van der Waals surface area (Å²) in [7, 11) is 1.65. The number of ether oxygens (including phenoxy) is 2. The number of para-hydroxylation sites is 1. The summed E-state index contributed by atoms with van der Waals surface area (Å²) in [4.78, 5) is 35.0. The maximum atomic E-state index is 14.2. The largest absolute Gasteiger partial charge is 0.497 e. The van der Waals surface area contributed by atoms with Crippen molar-refractivity contribution >= 4 is 29.1 Å². The minimum atomic E-state index is -0.704. The summed E-state index contributed by atoms with van der Waals surface area (Å²) in [5, 5.41) is 7.33. The zero-order chi connectivity index (χ0) is 34.4. The van der Waals surface area contributed by atoms with Crippen LogP contribution in [0.1, 0.15) is 42.5 Å². The summed E-state index contributed by atoms with van der Waals surface area (Å²) in [6, 6.07) is 21.0. The Morgan fingerprint density at radius 3 is 2.47 bits per heavy atom. The van der Waals surface area contributed by atoms with Crippen LogP contribution in [0.3, 0.4) is 0 Å². The number of hydrogen-bond donors (Lipinski definition) is 2. The number of hydrogen-bond acceptors (Lipinski definition) is 7. The second kappa shape index (κ2) is 15.9. The fourth-order valence-corrected chi connectivity index (χ4v) is 7.61. The maximum Gasteiger partial charge on any atom is 0.245 e. The molecule has 9 nitrogen and oxygen atoms in total. The number of fused-ring (bicyclic) bond motifs is 1. The number of carbonyl (C=O) groups excluding carboxylic acids is 2. The molecule has 0 aliphatic carbocycles. The summed E-state index contributed by atoms with van der Waals surface area (Å²) in [5.41, 5.74) is 5.34. The van der Waals surface area contributed by atoms with E-state index in [1.54, 1.807) is 7.11 Å². The topological polar surface area (TPSA) is 86.4 Å². The van der Waals surface area contributed by atoms with Gasteiger partial charge in [-0.2, -0.15) is 0 Å². The van der Waals surface area contributed by atoms with Gasteiger partial charge in [0.05, 0.1) is 26.4 Å². The van der Waals surface area contributed by atoms with Crippen molar-refractivity contribution in [3.8, 4) is 5.75 Å². The molecule has 1 unspecified atom stereocenters. The molecule has 3 aromatic carbocycles. The van der Waals surface area contributed by atoms with Crippen LogP contribution >= 0.6 is 11.6 Å². The van der Waals surface area contributed by atoms with Crippen molar-refractivity contribution in [3.63, 3.8) is 0 Å². The van der Waals surface area contributed by atoms with Crippen LogP contribution in [0.2, 0.25) is 5.02 Å². The number of halogens is 1. The SMILES string of the molecule is COc1ccc2c(c1)CC(C(=O)N[C@H](Cc1ccc(Cl)cc1)C(=O)N1CCN(c3ccccc3CCCN3CCOCC3)CC1)NC2(C)C. The van der Waals surface area contributed by atoms with Gasteiger partial charge in [-0.3, -0.25) is 19.8 Å². The highest BCUT2D eigenvalue weighted by Crippen LogP contribution is 2.33. The van der Waals surface area contributed by atoms with Crippen LogP contribution in [0.15, 0.2) is 66.7 Å². The van der Waals surface area contributed by atoms with Crippen LogP contribution in [0, 0.1) is 0 Å². The Bertz CT molecular complexity index is 1580. The van der Waals surface area contributed by atoms with Gasteiger partial charge in [-0.05, 0) is 92.2 Å². The third-order valence-electron chi connectivity index (χ3n) is 10.2. The molecule has 49 heavy (non-hydrogen) atoms. The van der Waals surface area contributed by atoms with Crippen LogP contribution < -0.4 is 20.3 Å². The number of nitrogens with zero attached hydrogens (tertiary/aromatic N) is 3. The van der Waals surface area contributed by atoms with Gasteiger partial charge in [0.15, 0.2) is 0 Å². The Kier molecular flexibility index (Phi) is 11.4. The zero-order valence-electron chi connectivity index (χ0n) is 29.1. The molecule has 2 amide bonds. The first-order chi connectivity index (χ1) is 23.7. The number of anilines is 1. The van der Waals surface area contributed by atoms with Crippen LogP contribution in [0.4, 0.5) is 5.69 Å². The summed E-state index contributed by atoms with van der Waals surface area (Å²) in [5.74, 6) is 0.526. The van der Waals surface area contributed by atoms with Crippen LogP contribution in [0.25, 0.3) is 0 Å². The Hall–Kier alpha value is -3.63. The van der Waals surface area contributed by atoms with Crippen molar-refractivity contribution in [1.29, 1.82) is 0 Å². The standard InChI is InChI=1S/C39H50ClN5O4/c1-39(2)33-15-14-32(48-3)26-30(33)27-34(42-39)37(46)41-35(25-28-10-12-31(40)13-11-28)38(47)45-19-17-44(18-20-45)36-9-5-4-7-29(36)8-6-16-43-21-23-49-24-22-43/h4-5,7,9-15,26,34-35,42H,6,8,16-25,27H2,1-3H3,(H,41,46)/t34?,35-/m1/s1. The van der Waals surface area contributed by atoms with Gasteiger partial charge in [0, 0.05) is 61.9 Å². The number of aryl methyl sites for hydroxylation is 1. The normalized spacial score (nSPS) is 20.0.